The van der Waals surface area contributed by atoms with E-state index in [9.17, 15) is 0 Å². The van der Waals surface area contributed by atoms with Gasteiger partial charge in [-0.05, 0) is 58.0 Å². The summed E-state index contributed by atoms with van der Waals surface area (Å²) in [6.07, 6.45) is 8.11. The summed E-state index contributed by atoms with van der Waals surface area (Å²) in [6.45, 7) is 3.93. The van der Waals surface area contributed by atoms with Crippen LogP contribution in [0.2, 0.25) is 0 Å². The molecule has 2 saturated heterocycles. The van der Waals surface area contributed by atoms with E-state index in [1.807, 2.05) is 0 Å². The second-order valence-electron chi connectivity index (χ2n) is 6.54. The van der Waals surface area contributed by atoms with E-state index in [-0.39, 0.29) is 0 Å². The second kappa shape index (κ2) is 4.87. The fourth-order valence-corrected chi connectivity index (χ4v) is 4.19. The molecule has 3 heteroatoms. The third-order valence-electron chi connectivity index (χ3n) is 5.33. The van der Waals surface area contributed by atoms with Gasteiger partial charge in [0.2, 0.25) is 0 Å². The molecular weight excluding hydrogens is 210 g/mol. The van der Waals surface area contributed by atoms with E-state index in [4.69, 9.17) is 5.73 Å². The van der Waals surface area contributed by atoms with Crippen molar-refractivity contribution in [2.75, 3.05) is 26.7 Å². The van der Waals surface area contributed by atoms with E-state index in [1.165, 1.54) is 58.2 Å². The minimum Gasteiger partial charge on any atom is -0.328 e. The highest BCUT2D eigenvalue weighted by Crippen LogP contribution is 2.30. The smallest absolute Gasteiger partial charge is 0.0223 e. The van der Waals surface area contributed by atoms with Crippen LogP contribution in [0.5, 0.6) is 0 Å². The highest BCUT2D eigenvalue weighted by Gasteiger charge is 2.35. The average molecular weight is 237 g/mol. The number of nitrogens with zero attached hydrogens (tertiary/aromatic N) is 2. The third kappa shape index (κ3) is 2.51. The summed E-state index contributed by atoms with van der Waals surface area (Å²) >= 11 is 0. The van der Waals surface area contributed by atoms with Crippen molar-refractivity contribution in [3.63, 3.8) is 0 Å². The highest BCUT2D eigenvalue weighted by molar-refractivity contribution is 4.92. The maximum absolute atomic E-state index is 6.02. The predicted molar refractivity (Wildman–Crippen MR) is 70.9 cm³/mol. The van der Waals surface area contributed by atoms with Gasteiger partial charge < -0.3 is 10.6 Å². The summed E-state index contributed by atoms with van der Waals surface area (Å²) in [6, 6.07) is 2.19. The molecule has 4 atom stereocenters. The molecular formula is C14H27N3. The fraction of sp³-hybridized carbons (Fsp3) is 1.00. The summed E-state index contributed by atoms with van der Waals surface area (Å²) in [5.41, 5.74) is 6.02. The molecule has 0 radical (unpaired) electrons. The van der Waals surface area contributed by atoms with Gasteiger partial charge in [-0.15, -0.1) is 0 Å². The number of fused-ring (bicyclic) bond motifs is 2. The van der Waals surface area contributed by atoms with Gasteiger partial charge in [0.05, 0.1) is 0 Å². The zero-order valence-corrected chi connectivity index (χ0v) is 11.1. The van der Waals surface area contributed by atoms with Crippen LogP contribution in [0.25, 0.3) is 0 Å². The minimum atomic E-state index is 0.492. The maximum Gasteiger partial charge on any atom is 0.0223 e. The van der Waals surface area contributed by atoms with Crippen LogP contribution < -0.4 is 5.73 Å². The molecule has 2 aliphatic heterocycles. The van der Waals surface area contributed by atoms with Crippen molar-refractivity contribution in [3.05, 3.63) is 0 Å². The summed E-state index contributed by atoms with van der Waals surface area (Å²) in [4.78, 5) is 5.36. The van der Waals surface area contributed by atoms with Crippen molar-refractivity contribution in [1.29, 1.82) is 0 Å². The van der Waals surface area contributed by atoms with Gasteiger partial charge >= 0.3 is 0 Å². The summed E-state index contributed by atoms with van der Waals surface area (Å²) in [5.74, 6) is 0.881. The van der Waals surface area contributed by atoms with Crippen LogP contribution in [0, 0.1) is 5.92 Å². The fourth-order valence-electron chi connectivity index (χ4n) is 4.19. The Labute approximate surface area is 105 Å². The van der Waals surface area contributed by atoms with Crippen LogP contribution in [0.1, 0.15) is 38.5 Å². The van der Waals surface area contributed by atoms with Gasteiger partial charge in [-0.1, -0.05) is 0 Å². The Hall–Kier alpha value is -0.120. The van der Waals surface area contributed by atoms with E-state index in [1.54, 1.807) is 0 Å². The molecule has 17 heavy (non-hydrogen) atoms. The molecule has 1 aliphatic carbocycles. The number of hydrogen-bond acceptors (Lipinski definition) is 3. The Morgan fingerprint density at radius 1 is 1.06 bits per heavy atom. The van der Waals surface area contributed by atoms with Crippen LogP contribution in [-0.4, -0.2) is 54.6 Å². The molecule has 4 unspecified atom stereocenters. The molecule has 0 aromatic heterocycles. The lowest BCUT2D eigenvalue weighted by molar-refractivity contribution is 0.198. The first-order valence-corrected chi connectivity index (χ1v) is 7.42. The zero-order chi connectivity index (χ0) is 11.8. The molecule has 2 bridgehead atoms. The van der Waals surface area contributed by atoms with E-state index in [0.29, 0.717) is 6.04 Å². The predicted octanol–water partition coefficient (Wildman–Crippen LogP) is 1.28. The molecule has 3 rings (SSSR count). The summed E-state index contributed by atoms with van der Waals surface area (Å²) < 4.78 is 0. The molecule has 3 nitrogen and oxygen atoms in total. The first kappa shape index (κ1) is 11.9. The molecule has 2 N–H and O–H groups in total. The maximum atomic E-state index is 6.02. The van der Waals surface area contributed by atoms with Crippen LogP contribution in [0.3, 0.4) is 0 Å². The van der Waals surface area contributed by atoms with Crippen molar-refractivity contribution >= 4 is 0 Å². The van der Waals surface area contributed by atoms with E-state index >= 15 is 0 Å². The normalized spacial score (nSPS) is 44.1. The zero-order valence-electron chi connectivity index (χ0n) is 11.1. The van der Waals surface area contributed by atoms with Gasteiger partial charge in [-0.25, -0.2) is 0 Å². The highest BCUT2D eigenvalue weighted by atomic mass is 15.3. The molecule has 2 heterocycles. The van der Waals surface area contributed by atoms with E-state index < -0.39 is 0 Å². The molecule has 1 saturated carbocycles. The summed E-state index contributed by atoms with van der Waals surface area (Å²) in [7, 11) is 2.33. The van der Waals surface area contributed by atoms with Crippen molar-refractivity contribution in [1.82, 2.24) is 9.80 Å². The lowest BCUT2D eigenvalue weighted by Gasteiger charge is -2.27. The SMILES string of the molecule is CN1C2CCC1CN(CC1CCC(N)C1)CC2. The quantitative estimate of drug-likeness (QED) is 0.785. The van der Waals surface area contributed by atoms with Gasteiger partial charge in [0.1, 0.15) is 0 Å². The topological polar surface area (TPSA) is 32.5 Å². The largest absolute Gasteiger partial charge is 0.328 e. The molecule has 0 amide bonds. The van der Waals surface area contributed by atoms with Crippen LogP contribution in [0.4, 0.5) is 0 Å². The van der Waals surface area contributed by atoms with Gasteiger partial charge in [-0.3, -0.25) is 4.90 Å². The lowest BCUT2D eigenvalue weighted by atomic mass is 10.0. The van der Waals surface area contributed by atoms with Gasteiger partial charge in [0, 0.05) is 31.2 Å². The number of likely N-dealkylation sites (N-methyl/N-ethyl adjacent to an activating group) is 1. The Kier molecular flexibility index (Phi) is 3.42. The lowest BCUT2D eigenvalue weighted by Crippen LogP contribution is -2.38. The van der Waals surface area contributed by atoms with Crippen molar-refractivity contribution in [2.45, 2.75) is 56.7 Å². The molecule has 3 fully saturated rings. The van der Waals surface area contributed by atoms with Gasteiger partial charge in [-0.2, -0.15) is 0 Å². The van der Waals surface area contributed by atoms with Crippen molar-refractivity contribution < 1.29 is 0 Å². The molecule has 3 aliphatic rings. The van der Waals surface area contributed by atoms with E-state index in [0.717, 1.165) is 18.0 Å². The molecule has 0 spiro atoms. The first-order valence-electron chi connectivity index (χ1n) is 7.42. The van der Waals surface area contributed by atoms with Gasteiger partial charge in [0.25, 0.3) is 0 Å². The molecule has 0 aromatic carbocycles. The Morgan fingerprint density at radius 3 is 2.65 bits per heavy atom. The minimum absolute atomic E-state index is 0.492. The van der Waals surface area contributed by atoms with Crippen molar-refractivity contribution in [3.8, 4) is 0 Å². The number of rotatable bonds is 2. The Bertz CT molecular complexity index is 268. The van der Waals surface area contributed by atoms with E-state index in [2.05, 4.69) is 16.8 Å². The van der Waals surface area contributed by atoms with Gasteiger partial charge in [0.15, 0.2) is 0 Å². The summed E-state index contributed by atoms with van der Waals surface area (Å²) in [5, 5.41) is 0. The average Bonchev–Trinajstić information content (AvgIpc) is 2.77. The molecule has 0 aromatic rings. The second-order valence-corrected chi connectivity index (χ2v) is 6.54. The standard InChI is InChI=1S/C14H27N3/c1-16-13-4-5-14(16)10-17(7-6-13)9-11-2-3-12(15)8-11/h11-14H,2-10,15H2,1H3. The molecule has 98 valence electrons. The number of hydrogen-bond donors (Lipinski definition) is 1. The Morgan fingerprint density at radius 2 is 1.88 bits per heavy atom. The first-order chi connectivity index (χ1) is 8.22. The van der Waals surface area contributed by atoms with Crippen LogP contribution in [0.15, 0.2) is 0 Å². The monoisotopic (exact) mass is 237 g/mol. The number of likely N-dealkylation sites (tertiary alicyclic amines) is 1. The third-order valence-corrected chi connectivity index (χ3v) is 5.33. The Balaban J connectivity index is 1.54. The number of nitrogens with two attached hydrogens (primary N) is 1. The van der Waals surface area contributed by atoms with Crippen LogP contribution >= 0.6 is 0 Å². The van der Waals surface area contributed by atoms with Crippen molar-refractivity contribution in [2.24, 2.45) is 11.7 Å². The van der Waals surface area contributed by atoms with Crippen LogP contribution in [-0.2, 0) is 0 Å².